The molecule has 2 fully saturated rings. The average molecular weight is 392 g/mol. The number of likely N-dealkylation sites (tertiary alicyclic amines) is 1. The van der Waals surface area contributed by atoms with Crippen LogP contribution >= 0.6 is 0 Å². The predicted molar refractivity (Wildman–Crippen MR) is 108 cm³/mol. The highest BCUT2D eigenvalue weighted by molar-refractivity contribution is 5.80. The summed E-state index contributed by atoms with van der Waals surface area (Å²) in [6, 6.07) is 0. The lowest BCUT2D eigenvalue weighted by Gasteiger charge is -2.35. The molecule has 2 aliphatic heterocycles. The van der Waals surface area contributed by atoms with Crippen molar-refractivity contribution in [2.75, 3.05) is 52.9 Å². The molecule has 156 valence electrons. The molecule has 0 bridgehead atoms. The molecular weight excluding hydrogens is 358 g/mol. The Morgan fingerprint density at radius 2 is 2.29 bits per heavy atom. The molecule has 3 rings (SSSR count). The molecule has 0 radical (unpaired) electrons. The minimum atomic E-state index is -0.168. The maximum absolute atomic E-state index is 11.4. The maximum atomic E-state index is 11.4. The van der Waals surface area contributed by atoms with Crippen LogP contribution in [0.5, 0.6) is 0 Å². The molecule has 0 aromatic carbocycles. The van der Waals surface area contributed by atoms with Gasteiger partial charge in [-0.15, -0.1) is 0 Å². The number of nitrogens with one attached hydrogen (secondary N) is 1. The number of guanidine groups is 1. The van der Waals surface area contributed by atoms with Crippen molar-refractivity contribution in [2.24, 2.45) is 23.7 Å². The van der Waals surface area contributed by atoms with Crippen LogP contribution in [0.15, 0.2) is 17.4 Å². The molecule has 1 aromatic heterocycles. The van der Waals surface area contributed by atoms with E-state index in [-0.39, 0.29) is 17.9 Å². The Hall–Kier alpha value is -2.13. The van der Waals surface area contributed by atoms with Gasteiger partial charge in [-0.2, -0.15) is 5.10 Å². The first-order chi connectivity index (χ1) is 13.6. The molecule has 28 heavy (non-hydrogen) atoms. The van der Waals surface area contributed by atoms with E-state index in [9.17, 15) is 4.79 Å². The van der Waals surface area contributed by atoms with Crippen LogP contribution in [-0.2, 0) is 16.6 Å². The van der Waals surface area contributed by atoms with Crippen molar-refractivity contribution in [3.63, 3.8) is 0 Å². The van der Waals surface area contributed by atoms with E-state index in [0.717, 1.165) is 70.1 Å². The number of morpholine rings is 1. The average Bonchev–Trinajstić information content (AvgIpc) is 3.15. The van der Waals surface area contributed by atoms with Gasteiger partial charge in [0.2, 0.25) is 5.91 Å². The molecule has 2 unspecified atom stereocenters. The number of aliphatic imine (C=N–C) groups is 1. The van der Waals surface area contributed by atoms with Crippen LogP contribution in [0.25, 0.3) is 0 Å². The quantitative estimate of drug-likeness (QED) is 0.401. The summed E-state index contributed by atoms with van der Waals surface area (Å²) in [5, 5.41) is 7.71. The van der Waals surface area contributed by atoms with Crippen LogP contribution in [0.3, 0.4) is 0 Å². The van der Waals surface area contributed by atoms with Gasteiger partial charge in [-0.3, -0.25) is 14.5 Å². The molecular formula is C19H33N7O2. The molecule has 9 heteroatoms. The van der Waals surface area contributed by atoms with Gasteiger partial charge in [0, 0.05) is 45.5 Å². The first-order valence-electron chi connectivity index (χ1n) is 10.1. The summed E-state index contributed by atoms with van der Waals surface area (Å²) in [4.78, 5) is 20.4. The Morgan fingerprint density at radius 3 is 3.00 bits per heavy atom. The summed E-state index contributed by atoms with van der Waals surface area (Å²) in [5.41, 5.74) is 6.56. The smallest absolute Gasteiger partial charge is 0.221 e. The van der Waals surface area contributed by atoms with Crippen molar-refractivity contribution in [3.8, 4) is 0 Å². The third kappa shape index (κ3) is 5.45. The first-order valence-corrected chi connectivity index (χ1v) is 10.1. The number of piperidine rings is 1. The second-order valence-electron chi connectivity index (χ2n) is 7.62. The number of nitrogens with two attached hydrogens (primary N) is 1. The van der Waals surface area contributed by atoms with Crippen molar-refractivity contribution in [1.82, 2.24) is 24.9 Å². The zero-order valence-corrected chi connectivity index (χ0v) is 17.0. The highest BCUT2D eigenvalue weighted by atomic mass is 16.5. The lowest BCUT2D eigenvalue weighted by Crippen LogP contribution is -2.48. The predicted octanol–water partition coefficient (Wildman–Crippen LogP) is -0.0438. The van der Waals surface area contributed by atoms with Crippen LogP contribution in [0.1, 0.15) is 30.9 Å². The maximum Gasteiger partial charge on any atom is 0.221 e. The third-order valence-corrected chi connectivity index (χ3v) is 5.52. The fourth-order valence-corrected chi connectivity index (χ4v) is 3.98. The number of hydrogen-bond acceptors (Lipinski definition) is 5. The van der Waals surface area contributed by atoms with Crippen LogP contribution in [0.2, 0.25) is 0 Å². The van der Waals surface area contributed by atoms with E-state index in [1.807, 2.05) is 26.5 Å². The summed E-state index contributed by atoms with van der Waals surface area (Å²) in [5.74, 6) is 0.747. The van der Waals surface area contributed by atoms with Crippen LogP contribution < -0.4 is 11.1 Å². The molecule has 3 N–H and O–H groups in total. The molecule has 3 heterocycles. The molecule has 1 aromatic rings. The second kappa shape index (κ2) is 9.88. The van der Waals surface area contributed by atoms with Gasteiger partial charge in [0.1, 0.15) is 6.10 Å². The number of carbonyl (C=O) groups excluding carboxylic acids is 1. The van der Waals surface area contributed by atoms with Gasteiger partial charge in [0.05, 0.1) is 25.3 Å². The van der Waals surface area contributed by atoms with Gasteiger partial charge in [0.25, 0.3) is 0 Å². The van der Waals surface area contributed by atoms with Gasteiger partial charge in [-0.25, -0.2) is 0 Å². The summed E-state index contributed by atoms with van der Waals surface area (Å²) in [6.07, 6.45) is 6.85. The molecule has 2 aliphatic rings. The van der Waals surface area contributed by atoms with Gasteiger partial charge in [-0.1, -0.05) is 0 Å². The fraction of sp³-hybridized carbons (Fsp3) is 0.737. The van der Waals surface area contributed by atoms with Crippen molar-refractivity contribution in [1.29, 1.82) is 0 Å². The normalized spacial score (nSPS) is 24.4. The first kappa shape index (κ1) is 20.6. The molecule has 1 amide bonds. The van der Waals surface area contributed by atoms with E-state index in [0.29, 0.717) is 6.61 Å². The lowest BCUT2D eigenvalue weighted by molar-refractivity contribution is -0.123. The molecule has 0 saturated carbocycles. The van der Waals surface area contributed by atoms with Gasteiger partial charge >= 0.3 is 0 Å². The minimum absolute atomic E-state index is 0.00670. The number of hydrogen-bond donors (Lipinski definition) is 2. The number of carbonyl (C=O) groups is 1. The Kier molecular flexibility index (Phi) is 7.27. The highest BCUT2D eigenvalue weighted by Crippen LogP contribution is 2.21. The van der Waals surface area contributed by atoms with Gasteiger partial charge in [0.15, 0.2) is 5.96 Å². The van der Waals surface area contributed by atoms with Crippen molar-refractivity contribution in [3.05, 3.63) is 18.0 Å². The number of ether oxygens (including phenoxy) is 1. The van der Waals surface area contributed by atoms with E-state index in [2.05, 4.69) is 25.2 Å². The summed E-state index contributed by atoms with van der Waals surface area (Å²) < 4.78 is 7.71. The third-order valence-electron chi connectivity index (χ3n) is 5.52. The van der Waals surface area contributed by atoms with Crippen LogP contribution in [-0.4, -0.2) is 84.4 Å². The Bertz CT molecular complexity index is 675. The van der Waals surface area contributed by atoms with E-state index in [4.69, 9.17) is 10.5 Å². The number of amides is 1. The van der Waals surface area contributed by atoms with Crippen LogP contribution in [0.4, 0.5) is 0 Å². The summed E-state index contributed by atoms with van der Waals surface area (Å²) >= 11 is 0. The highest BCUT2D eigenvalue weighted by Gasteiger charge is 2.26. The lowest BCUT2D eigenvalue weighted by atomic mass is 9.97. The molecule has 0 spiro atoms. The van der Waals surface area contributed by atoms with E-state index in [1.165, 1.54) is 0 Å². The number of rotatable bonds is 6. The number of aromatic nitrogens is 2. The Balaban J connectivity index is 1.42. The topological polar surface area (TPSA) is 101 Å². The SMILES string of the molecule is CN=C(NCCCN1CCCC(C(N)=O)C1)N1CCOC(c2cnn(C)c2)C1. The Morgan fingerprint density at radius 1 is 1.43 bits per heavy atom. The Labute approximate surface area is 166 Å². The second-order valence-corrected chi connectivity index (χ2v) is 7.62. The summed E-state index contributed by atoms with van der Waals surface area (Å²) in [7, 11) is 3.73. The largest absolute Gasteiger partial charge is 0.370 e. The number of aryl methyl sites for hydroxylation is 1. The molecule has 9 nitrogen and oxygen atoms in total. The van der Waals surface area contributed by atoms with Crippen molar-refractivity contribution in [2.45, 2.75) is 25.4 Å². The fourth-order valence-electron chi connectivity index (χ4n) is 3.98. The van der Waals surface area contributed by atoms with E-state index < -0.39 is 0 Å². The zero-order chi connectivity index (χ0) is 19.9. The standard InChI is InChI=1S/C19H33N7O2/c1-21-19(22-6-4-8-25-7-3-5-15(13-25)18(20)27)26-9-10-28-17(14-26)16-11-23-24(2)12-16/h11-12,15,17H,3-10,13-14H2,1-2H3,(H2,20,27)(H,21,22). The zero-order valence-electron chi connectivity index (χ0n) is 17.0. The number of primary amides is 1. The molecule has 2 atom stereocenters. The van der Waals surface area contributed by atoms with E-state index >= 15 is 0 Å². The van der Waals surface area contributed by atoms with Gasteiger partial charge < -0.3 is 25.6 Å². The monoisotopic (exact) mass is 391 g/mol. The van der Waals surface area contributed by atoms with Gasteiger partial charge in [-0.05, 0) is 32.4 Å². The van der Waals surface area contributed by atoms with Crippen LogP contribution in [0, 0.1) is 5.92 Å². The summed E-state index contributed by atoms with van der Waals surface area (Å²) in [6.45, 7) is 5.91. The van der Waals surface area contributed by atoms with Crippen molar-refractivity contribution < 1.29 is 9.53 Å². The minimum Gasteiger partial charge on any atom is -0.370 e. The van der Waals surface area contributed by atoms with Crippen molar-refractivity contribution >= 4 is 11.9 Å². The molecule has 0 aliphatic carbocycles. The molecule has 2 saturated heterocycles. The van der Waals surface area contributed by atoms with E-state index in [1.54, 1.807) is 4.68 Å². The number of nitrogens with zero attached hydrogens (tertiary/aromatic N) is 5.